The molecular weight excluding hydrogens is 356 g/mol. The van der Waals surface area contributed by atoms with E-state index in [0.717, 1.165) is 31.0 Å². The second kappa shape index (κ2) is 7.99. The number of nitrogens with one attached hydrogen (secondary N) is 1. The van der Waals surface area contributed by atoms with Gasteiger partial charge in [0.1, 0.15) is 17.4 Å². The van der Waals surface area contributed by atoms with Gasteiger partial charge in [0.15, 0.2) is 0 Å². The maximum absolute atomic E-state index is 12.3. The Hall–Kier alpha value is -2.55. The van der Waals surface area contributed by atoms with Gasteiger partial charge in [0.05, 0.1) is 6.54 Å². The van der Waals surface area contributed by atoms with Crippen molar-refractivity contribution in [2.45, 2.75) is 38.0 Å². The molecule has 0 aliphatic heterocycles. The quantitative estimate of drug-likeness (QED) is 0.798. The number of hydrogen-bond donors (Lipinski definition) is 1. The van der Waals surface area contributed by atoms with E-state index in [-0.39, 0.29) is 23.6 Å². The summed E-state index contributed by atoms with van der Waals surface area (Å²) in [5, 5.41) is 11.5. The Morgan fingerprint density at radius 2 is 1.96 bits per heavy atom. The minimum absolute atomic E-state index is 0.0288. The zero-order valence-corrected chi connectivity index (χ0v) is 15.5. The summed E-state index contributed by atoms with van der Waals surface area (Å²) < 4.78 is 30.6. The average molecular weight is 379 g/mol. The summed E-state index contributed by atoms with van der Waals surface area (Å²) in [4.78, 5) is 14.3. The number of halogens is 2. The van der Waals surface area contributed by atoms with Crippen molar-refractivity contribution in [3.8, 4) is 5.75 Å². The third kappa shape index (κ3) is 4.60. The van der Waals surface area contributed by atoms with Gasteiger partial charge in [-0.05, 0) is 51.2 Å². The number of hydrogen-bond acceptors (Lipinski definition) is 5. The summed E-state index contributed by atoms with van der Waals surface area (Å²) >= 11 is 0. The number of alkyl halides is 2. The van der Waals surface area contributed by atoms with E-state index < -0.39 is 6.61 Å². The Bertz CT molecular complexity index is 786. The van der Waals surface area contributed by atoms with Crippen molar-refractivity contribution < 1.29 is 18.3 Å². The van der Waals surface area contributed by atoms with Crippen LogP contribution in [0.3, 0.4) is 0 Å². The maximum atomic E-state index is 12.3. The monoisotopic (exact) mass is 379 g/mol. The summed E-state index contributed by atoms with van der Waals surface area (Å²) in [5.41, 5.74) is 0.409. The van der Waals surface area contributed by atoms with Gasteiger partial charge in [-0.1, -0.05) is 0 Å². The molecule has 0 atom stereocenters. The molecule has 1 amide bonds. The standard InChI is InChI=1S/C18H23F2N5O2/c1-24(2)10-15-22-23-16(25(15)3)12-8-13(9-12)21-17(26)11-4-6-14(7-5-11)27-18(19)20/h4-7,12-13,18H,8-10H2,1-3H3,(H,21,26). The first-order valence-electron chi connectivity index (χ1n) is 8.72. The first-order valence-corrected chi connectivity index (χ1v) is 8.72. The molecule has 9 heteroatoms. The molecule has 1 N–H and O–H groups in total. The Kier molecular flexibility index (Phi) is 5.69. The van der Waals surface area contributed by atoms with Crippen LogP contribution in [0.4, 0.5) is 8.78 Å². The number of benzene rings is 1. The summed E-state index contributed by atoms with van der Waals surface area (Å²) in [6.45, 7) is -2.16. The van der Waals surface area contributed by atoms with E-state index in [2.05, 4.69) is 20.3 Å². The Morgan fingerprint density at radius 3 is 2.56 bits per heavy atom. The van der Waals surface area contributed by atoms with Gasteiger partial charge in [-0.15, -0.1) is 10.2 Å². The predicted octanol–water partition coefficient (Wildman–Crippen LogP) is 2.15. The molecule has 1 aliphatic carbocycles. The van der Waals surface area contributed by atoms with Gasteiger partial charge in [-0.3, -0.25) is 4.79 Å². The smallest absolute Gasteiger partial charge is 0.387 e. The third-order valence-electron chi connectivity index (χ3n) is 4.64. The highest BCUT2D eigenvalue weighted by Crippen LogP contribution is 2.36. The Labute approximate surface area is 156 Å². The highest BCUT2D eigenvalue weighted by atomic mass is 19.3. The van der Waals surface area contributed by atoms with E-state index in [1.54, 1.807) is 0 Å². The van der Waals surface area contributed by atoms with Gasteiger partial charge in [0.2, 0.25) is 0 Å². The van der Waals surface area contributed by atoms with E-state index in [1.807, 2.05) is 30.6 Å². The van der Waals surface area contributed by atoms with E-state index in [9.17, 15) is 13.6 Å². The lowest BCUT2D eigenvalue weighted by atomic mass is 9.79. The highest BCUT2D eigenvalue weighted by molar-refractivity contribution is 5.94. The van der Waals surface area contributed by atoms with Crippen molar-refractivity contribution in [1.82, 2.24) is 25.0 Å². The number of nitrogens with zero attached hydrogens (tertiary/aromatic N) is 4. The fourth-order valence-electron chi connectivity index (χ4n) is 3.15. The minimum Gasteiger partial charge on any atom is -0.435 e. The molecule has 1 heterocycles. The molecule has 2 aromatic rings. The van der Waals surface area contributed by atoms with Crippen molar-refractivity contribution in [1.29, 1.82) is 0 Å². The second-order valence-corrected chi connectivity index (χ2v) is 7.01. The molecule has 1 saturated carbocycles. The minimum atomic E-state index is -2.88. The van der Waals surface area contributed by atoms with Gasteiger partial charge in [0.25, 0.3) is 5.91 Å². The van der Waals surface area contributed by atoms with Crippen LogP contribution in [0.1, 0.15) is 40.8 Å². The summed E-state index contributed by atoms with van der Waals surface area (Å²) in [6, 6.07) is 5.72. The normalized spacial score (nSPS) is 19.2. The first-order chi connectivity index (χ1) is 12.8. The van der Waals surface area contributed by atoms with Crippen molar-refractivity contribution in [3.63, 3.8) is 0 Å². The van der Waals surface area contributed by atoms with Gasteiger partial charge in [-0.2, -0.15) is 8.78 Å². The summed E-state index contributed by atoms with van der Waals surface area (Å²) in [6.07, 6.45) is 1.60. The molecule has 0 spiro atoms. The van der Waals surface area contributed by atoms with Crippen molar-refractivity contribution >= 4 is 5.91 Å². The Balaban J connectivity index is 1.51. The molecule has 1 aromatic heterocycles. The van der Waals surface area contributed by atoms with Crippen molar-refractivity contribution in [2.75, 3.05) is 14.1 Å². The highest BCUT2D eigenvalue weighted by Gasteiger charge is 2.35. The molecule has 3 rings (SSSR count). The number of rotatable bonds is 7. The van der Waals surface area contributed by atoms with Crippen LogP contribution in [-0.2, 0) is 13.6 Å². The lowest BCUT2D eigenvalue weighted by Crippen LogP contribution is -2.44. The summed E-state index contributed by atoms with van der Waals surface area (Å²) in [5.74, 6) is 1.92. The fourth-order valence-corrected chi connectivity index (χ4v) is 3.15. The molecule has 0 bridgehead atoms. The van der Waals surface area contributed by atoms with Crippen molar-refractivity contribution in [2.24, 2.45) is 7.05 Å². The lowest BCUT2D eigenvalue weighted by molar-refractivity contribution is -0.0498. The van der Waals surface area contributed by atoms with Crippen LogP contribution in [0, 0.1) is 0 Å². The van der Waals surface area contributed by atoms with Crippen LogP contribution in [-0.4, -0.2) is 52.3 Å². The molecular formula is C18H23F2N5O2. The van der Waals surface area contributed by atoms with E-state index >= 15 is 0 Å². The largest absolute Gasteiger partial charge is 0.435 e. The van der Waals surface area contributed by atoms with Gasteiger partial charge >= 0.3 is 6.61 Å². The SMILES string of the molecule is CN(C)Cc1nnc(C2CC(NC(=O)c3ccc(OC(F)F)cc3)C2)n1C. The molecule has 0 radical (unpaired) electrons. The van der Waals surface area contributed by atoms with Crippen LogP contribution in [0.2, 0.25) is 0 Å². The van der Waals surface area contributed by atoms with E-state index in [1.165, 1.54) is 24.3 Å². The van der Waals surface area contributed by atoms with Crippen molar-refractivity contribution in [3.05, 3.63) is 41.5 Å². The molecule has 1 aromatic carbocycles. The first kappa shape index (κ1) is 19.2. The van der Waals surface area contributed by atoms with Crippen LogP contribution < -0.4 is 10.1 Å². The molecule has 0 unspecified atom stereocenters. The zero-order valence-electron chi connectivity index (χ0n) is 15.5. The van der Waals surface area contributed by atoms with Crippen LogP contribution in [0.25, 0.3) is 0 Å². The van der Waals surface area contributed by atoms with Crippen LogP contribution >= 0.6 is 0 Å². The Morgan fingerprint density at radius 1 is 1.30 bits per heavy atom. The fraction of sp³-hybridized carbons (Fsp3) is 0.500. The van der Waals surface area contributed by atoms with Gasteiger partial charge < -0.3 is 19.5 Å². The number of ether oxygens (including phenoxy) is 1. The topological polar surface area (TPSA) is 72.3 Å². The number of amides is 1. The molecule has 7 nitrogen and oxygen atoms in total. The molecule has 27 heavy (non-hydrogen) atoms. The molecule has 0 saturated heterocycles. The molecule has 1 fully saturated rings. The zero-order chi connectivity index (χ0) is 19.6. The number of carbonyl (C=O) groups is 1. The predicted molar refractivity (Wildman–Crippen MR) is 94.7 cm³/mol. The second-order valence-electron chi connectivity index (χ2n) is 7.01. The lowest BCUT2D eigenvalue weighted by Gasteiger charge is -2.35. The maximum Gasteiger partial charge on any atom is 0.387 e. The van der Waals surface area contributed by atoms with Gasteiger partial charge in [-0.25, -0.2) is 0 Å². The molecule has 146 valence electrons. The molecule has 1 aliphatic rings. The van der Waals surface area contributed by atoms with Crippen LogP contribution in [0.15, 0.2) is 24.3 Å². The van der Waals surface area contributed by atoms with Gasteiger partial charge in [0, 0.05) is 24.6 Å². The van der Waals surface area contributed by atoms with E-state index in [0.29, 0.717) is 5.56 Å². The number of aromatic nitrogens is 3. The average Bonchev–Trinajstić information content (AvgIpc) is 2.90. The van der Waals surface area contributed by atoms with E-state index in [4.69, 9.17) is 0 Å². The van der Waals surface area contributed by atoms with Crippen LogP contribution in [0.5, 0.6) is 5.75 Å². The number of carbonyl (C=O) groups excluding carboxylic acids is 1. The summed E-state index contributed by atoms with van der Waals surface area (Å²) in [7, 11) is 5.92. The third-order valence-corrected chi connectivity index (χ3v) is 4.64.